The van der Waals surface area contributed by atoms with Crippen LogP contribution in [0.1, 0.15) is 75.4 Å². The van der Waals surface area contributed by atoms with Gasteiger partial charge in [-0.05, 0) is 47.3 Å². The van der Waals surface area contributed by atoms with Crippen LogP contribution in [0.5, 0.6) is 0 Å². The monoisotopic (exact) mass is 258 g/mol. The van der Waals surface area contributed by atoms with Crippen LogP contribution in [-0.2, 0) is 11.8 Å². The molecule has 0 aliphatic heterocycles. The number of hydrogen-bond acceptors (Lipinski definition) is 1. The zero-order valence-corrected chi connectivity index (χ0v) is 13.0. The maximum atomic E-state index is 12.5. The average Bonchev–Trinajstić information content (AvgIpc) is 2.46. The van der Waals surface area contributed by atoms with Crippen molar-refractivity contribution >= 4 is 5.78 Å². The fraction of sp³-hybridized carbons (Fsp3) is 0.611. The minimum Gasteiger partial charge on any atom is -0.294 e. The second kappa shape index (κ2) is 4.77. The summed E-state index contributed by atoms with van der Waals surface area (Å²) in [4.78, 5) is 12.5. The minimum absolute atomic E-state index is 0.135. The standard InChI is InChI=1S/C18H26O/c1-6-18(4,5)14-8-7-13-9-10-17(2,3)12-16(19)15(13)11-14/h7-8,11H,6,9-10,12H2,1-5H3. The fourth-order valence-corrected chi connectivity index (χ4v) is 2.77. The molecule has 0 saturated carbocycles. The summed E-state index contributed by atoms with van der Waals surface area (Å²) < 4.78 is 0. The molecule has 19 heavy (non-hydrogen) atoms. The summed E-state index contributed by atoms with van der Waals surface area (Å²) in [6.07, 6.45) is 3.89. The average molecular weight is 258 g/mol. The molecule has 0 radical (unpaired) electrons. The Bertz CT molecular complexity index is 494. The lowest BCUT2D eigenvalue weighted by atomic mass is 9.80. The van der Waals surface area contributed by atoms with Gasteiger partial charge in [-0.15, -0.1) is 0 Å². The van der Waals surface area contributed by atoms with Crippen LogP contribution in [-0.4, -0.2) is 5.78 Å². The maximum absolute atomic E-state index is 12.5. The molecule has 0 heterocycles. The number of carbonyl (C=O) groups is 1. The second-order valence-corrected chi connectivity index (χ2v) is 7.37. The van der Waals surface area contributed by atoms with Crippen molar-refractivity contribution in [3.05, 3.63) is 34.9 Å². The lowest BCUT2D eigenvalue weighted by molar-refractivity contribution is 0.0934. The van der Waals surface area contributed by atoms with Crippen LogP contribution < -0.4 is 0 Å². The lowest BCUT2D eigenvalue weighted by Crippen LogP contribution is -2.17. The van der Waals surface area contributed by atoms with Gasteiger partial charge in [-0.3, -0.25) is 4.79 Å². The van der Waals surface area contributed by atoms with Crippen LogP contribution in [0.3, 0.4) is 0 Å². The van der Waals surface area contributed by atoms with E-state index in [0.29, 0.717) is 12.2 Å². The van der Waals surface area contributed by atoms with E-state index in [1.165, 1.54) is 11.1 Å². The molecule has 1 aliphatic rings. The van der Waals surface area contributed by atoms with Crippen LogP contribution in [0.15, 0.2) is 18.2 Å². The van der Waals surface area contributed by atoms with E-state index in [0.717, 1.165) is 24.8 Å². The largest absolute Gasteiger partial charge is 0.294 e. The molecule has 104 valence electrons. The molecule has 0 spiro atoms. The number of aryl methyl sites for hydroxylation is 1. The Labute approximate surface area is 117 Å². The first kappa shape index (κ1) is 14.3. The van der Waals surface area contributed by atoms with E-state index in [4.69, 9.17) is 0 Å². The fourth-order valence-electron chi connectivity index (χ4n) is 2.77. The molecule has 0 aromatic heterocycles. The molecule has 2 rings (SSSR count). The molecule has 0 N–H and O–H groups in total. The molecular formula is C18H26O. The molecule has 1 aromatic rings. The topological polar surface area (TPSA) is 17.1 Å². The number of benzene rings is 1. The molecule has 1 aliphatic carbocycles. The number of fused-ring (bicyclic) bond motifs is 1. The van der Waals surface area contributed by atoms with Gasteiger partial charge in [0.15, 0.2) is 5.78 Å². The van der Waals surface area contributed by atoms with Gasteiger partial charge in [0, 0.05) is 12.0 Å². The lowest BCUT2D eigenvalue weighted by Gasteiger charge is -2.24. The van der Waals surface area contributed by atoms with Crippen molar-refractivity contribution in [2.45, 2.75) is 65.7 Å². The van der Waals surface area contributed by atoms with E-state index < -0.39 is 0 Å². The van der Waals surface area contributed by atoms with Crippen molar-refractivity contribution in [3.8, 4) is 0 Å². The Morgan fingerprint density at radius 3 is 2.58 bits per heavy atom. The van der Waals surface area contributed by atoms with E-state index in [1.54, 1.807) is 0 Å². The van der Waals surface area contributed by atoms with Gasteiger partial charge in [-0.2, -0.15) is 0 Å². The summed E-state index contributed by atoms with van der Waals surface area (Å²) in [5, 5.41) is 0. The summed E-state index contributed by atoms with van der Waals surface area (Å²) in [5.74, 6) is 0.325. The zero-order valence-electron chi connectivity index (χ0n) is 13.0. The SMILES string of the molecule is CCC(C)(C)c1ccc2c(c1)C(=O)CC(C)(C)CC2. The van der Waals surface area contributed by atoms with Crippen LogP contribution >= 0.6 is 0 Å². The predicted octanol–water partition coefficient (Wildman–Crippen LogP) is 4.92. The van der Waals surface area contributed by atoms with Crippen molar-refractivity contribution in [2.24, 2.45) is 5.41 Å². The highest BCUT2D eigenvalue weighted by molar-refractivity contribution is 5.98. The summed E-state index contributed by atoms with van der Waals surface area (Å²) in [6, 6.07) is 6.55. The second-order valence-electron chi connectivity index (χ2n) is 7.37. The third-order valence-electron chi connectivity index (χ3n) is 4.79. The first-order valence-electron chi connectivity index (χ1n) is 7.42. The molecule has 0 unspecified atom stereocenters. The summed E-state index contributed by atoms with van der Waals surface area (Å²) >= 11 is 0. The van der Waals surface area contributed by atoms with E-state index >= 15 is 0 Å². The molecule has 0 atom stereocenters. The molecule has 1 nitrogen and oxygen atoms in total. The molecular weight excluding hydrogens is 232 g/mol. The number of carbonyl (C=O) groups excluding carboxylic acids is 1. The molecule has 0 fully saturated rings. The minimum atomic E-state index is 0.135. The van der Waals surface area contributed by atoms with Gasteiger partial charge in [0.25, 0.3) is 0 Å². The summed E-state index contributed by atoms with van der Waals surface area (Å²) in [7, 11) is 0. The highest BCUT2D eigenvalue weighted by atomic mass is 16.1. The van der Waals surface area contributed by atoms with Crippen molar-refractivity contribution in [1.29, 1.82) is 0 Å². The Morgan fingerprint density at radius 1 is 1.26 bits per heavy atom. The smallest absolute Gasteiger partial charge is 0.163 e. The molecule has 0 bridgehead atoms. The Hall–Kier alpha value is -1.11. The van der Waals surface area contributed by atoms with Crippen molar-refractivity contribution in [1.82, 2.24) is 0 Å². The van der Waals surface area contributed by atoms with Gasteiger partial charge >= 0.3 is 0 Å². The molecule has 0 saturated heterocycles. The van der Waals surface area contributed by atoms with Gasteiger partial charge in [-0.25, -0.2) is 0 Å². The van der Waals surface area contributed by atoms with Gasteiger partial charge in [0.05, 0.1) is 0 Å². The Kier molecular flexibility index (Phi) is 3.59. The molecule has 0 amide bonds. The molecule has 1 heteroatoms. The summed E-state index contributed by atoms with van der Waals surface area (Å²) in [5.41, 5.74) is 3.80. The Morgan fingerprint density at radius 2 is 1.95 bits per heavy atom. The highest BCUT2D eigenvalue weighted by Crippen LogP contribution is 2.36. The highest BCUT2D eigenvalue weighted by Gasteiger charge is 2.29. The van der Waals surface area contributed by atoms with Gasteiger partial charge in [0.2, 0.25) is 0 Å². The van der Waals surface area contributed by atoms with Crippen LogP contribution in [0.25, 0.3) is 0 Å². The van der Waals surface area contributed by atoms with Crippen LogP contribution in [0, 0.1) is 5.41 Å². The third kappa shape index (κ3) is 2.91. The quantitative estimate of drug-likeness (QED) is 0.688. The number of hydrogen-bond donors (Lipinski definition) is 0. The molecule has 1 aromatic carbocycles. The number of Topliss-reactive ketones (excluding diaryl/α,β-unsaturated/α-hetero) is 1. The number of rotatable bonds is 2. The van der Waals surface area contributed by atoms with Crippen LogP contribution in [0.2, 0.25) is 0 Å². The maximum Gasteiger partial charge on any atom is 0.163 e. The van der Waals surface area contributed by atoms with E-state index in [1.807, 2.05) is 0 Å². The van der Waals surface area contributed by atoms with E-state index in [9.17, 15) is 4.79 Å². The van der Waals surface area contributed by atoms with Gasteiger partial charge in [-0.1, -0.05) is 46.8 Å². The number of ketones is 1. The van der Waals surface area contributed by atoms with Crippen molar-refractivity contribution in [3.63, 3.8) is 0 Å². The van der Waals surface area contributed by atoms with Gasteiger partial charge < -0.3 is 0 Å². The predicted molar refractivity (Wildman–Crippen MR) is 80.8 cm³/mol. The normalized spacial score (nSPS) is 18.9. The van der Waals surface area contributed by atoms with Gasteiger partial charge in [0.1, 0.15) is 0 Å². The van der Waals surface area contributed by atoms with Crippen LogP contribution in [0.4, 0.5) is 0 Å². The third-order valence-corrected chi connectivity index (χ3v) is 4.79. The summed E-state index contributed by atoms with van der Waals surface area (Å²) in [6.45, 7) is 11.1. The Balaban J connectivity index is 2.44. The first-order chi connectivity index (χ1) is 8.75. The van der Waals surface area contributed by atoms with E-state index in [2.05, 4.69) is 52.8 Å². The first-order valence-corrected chi connectivity index (χ1v) is 7.42. The zero-order chi connectivity index (χ0) is 14.3. The van der Waals surface area contributed by atoms with E-state index in [-0.39, 0.29) is 10.8 Å². The van der Waals surface area contributed by atoms with Crippen molar-refractivity contribution < 1.29 is 4.79 Å². The van der Waals surface area contributed by atoms with Crippen molar-refractivity contribution in [2.75, 3.05) is 0 Å².